The zero-order valence-electron chi connectivity index (χ0n) is 11.4. The first kappa shape index (κ1) is 13.8. The van der Waals surface area contributed by atoms with E-state index >= 15 is 0 Å². The standard InChI is InChI=1S/C17H24/c1-5-7-8-9-10-13-17(4)14-11-12-16(6-2)15(17)3/h5,7-8,14-15H,1,6,9-10,13H2,2-4H3/b8-7+. The average Bonchev–Trinajstić information content (AvgIpc) is 2.33. The van der Waals surface area contributed by atoms with Crippen LogP contribution < -0.4 is 0 Å². The van der Waals surface area contributed by atoms with Crippen LogP contribution in [-0.2, 0) is 0 Å². The van der Waals surface area contributed by atoms with Crippen molar-refractivity contribution in [3.8, 4) is 0 Å². The summed E-state index contributed by atoms with van der Waals surface area (Å²) in [4.78, 5) is 0. The highest BCUT2D eigenvalue weighted by Crippen LogP contribution is 2.40. The van der Waals surface area contributed by atoms with Crippen LogP contribution in [0.2, 0.25) is 0 Å². The highest BCUT2D eigenvalue weighted by molar-refractivity contribution is 5.18. The molecule has 2 unspecified atom stereocenters. The predicted molar refractivity (Wildman–Crippen MR) is 75.9 cm³/mol. The van der Waals surface area contributed by atoms with E-state index in [9.17, 15) is 0 Å². The molecule has 0 aromatic heterocycles. The summed E-state index contributed by atoms with van der Waals surface area (Å²) in [7, 11) is 0. The SMILES string of the molecule is C=C/C=C/CCCC1(C)C=C=C=C(CC)C1C. The molecule has 0 saturated heterocycles. The summed E-state index contributed by atoms with van der Waals surface area (Å²) < 4.78 is 0. The van der Waals surface area contributed by atoms with Gasteiger partial charge < -0.3 is 0 Å². The van der Waals surface area contributed by atoms with Crippen LogP contribution in [0.25, 0.3) is 0 Å². The molecule has 0 aromatic carbocycles. The summed E-state index contributed by atoms with van der Waals surface area (Å²) in [5, 5.41) is 0. The molecule has 0 aromatic rings. The molecule has 0 bridgehead atoms. The van der Waals surface area contributed by atoms with Crippen molar-refractivity contribution in [2.45, 2.75) is 46.5 Å². The van der Waals surface area contributed by atoms with Gasteiger partial charge in [0.25, 0.3) is 0 Å². The molecular weight excluding hydrogens is 204 g/mol. The number of rotatable bonds is 6. The molecule has 0 nitrogen and oxygen atoms in total. The van der Waals surface area contributed by atoms with Gasteiger partial charge in [0.15, 0.2) is 0 Å². The van der Waals surface area contributed by atoms with Gasteiger partial charge in [0.1, 0.15) is 0 Å². The van der Waals surface area contributed by atoms with Crippen molar-refractivity contribution in [3.05, 3.63) is 47.9 Å². The summed E-state index contributed by atoms with van der Waals surface area (Å²) >= 11 is 0. The maximum Gasteiger partial charge on any atom is 0.000484 e. The molecular formula is C17H24. The van der Waals surface area contributed by atoms with Gasteiger partial charge >= 0.3 is 0 Å². The summed E-state index contributed by atoms with van der Waals surface area (Å²) in [5.74, 6) is 0.595. The molecule has 0 saturated carbocycles. The highest BCUT2D eigenvalue weighted by atomic mass is 14.3. The van der Waals surface area contributed by atoms with E-state index < -0.39 is 0 Å². The Balaban J connectivity index is 2.57. The fourth-order valence-corrected chi connectivity index (χ4v) is 2.40. The molecule has 0 N–H and O–H groups in total. The van der Waals surface area contributed by atoms with Crippen LogP contribution >= 0.6 is 0 Å². The maximum atomic E-state index is 3.68. The molecule has 0 heterocycles. The summed E-state index contributed by atoms with van der Waals surface area (Å²) in [6.45, 7) is 10.6. The van der Waals surface area contributed by atoms with E-state index in [2.05, 4.69) is 51.0 Å². The molecule has 1 rings (SSSR count). The van der Waals surface area contributed by atoms with Crippen molar-refractivity contribution in [1.29, 1.82) is 0 Å². The molecule has 0 spiro atoms. The Kier molecular flexibility index (Phi) is 5.29. The molecule has 0 heteroatoms. The van der Waals surface area contributed by atoms with Gasteiger partial charge in [0.05, 0.1) is 0 Å². The first-order valence-corrected chi connectivity index (χ1v) is 6.63. The van der Waals surface area contributed by atoms with Crippen molar-refractivity contribution in [2.24, 2.45) is 11.3 Å². The maximum absolute atomic E-state index is 3.68. The molecule has 0 fully saturated rings. The van der Waals surface area contributed by atoms with E-state index in [0.29, 0.717) is 5.92 Å². The highest BCUT2D eigenvalue weighted by Gasteiger charge is 2.31. The fraction of sp³-hybridized carbons (Fsp3) is 0.529. The Morgan fingerprint density at radius 1 is 1.53 bits per heavy atom. The van der Waals surface area contributed by atoms with E-state index in [1.807, 2.05) is 12.2 Å². The molecule has 1 aliphatic rings. The summed E-state index contributed by atoms with van der Waals surface area (Å²) in [5.41, 5.74) is 8.16. The topological polar surface area (TPSA) is 0 Å². The summed E-state index contributed by atoms with van der Waals surface area (Å²) in [6.07, 6.45) is 12.9. The monoisotopic (exact) mass is 228 g/mol. The van der Waals surface area contributed by atoms with Crippen molar-refractivity contribution in [3.63, 3.8) is 0 Å². The second-order valence-electron chi connectivity index (χ2n) is 5.08. The molecule has 1 aliphatic carbocycles. The third-order valence-corrected chi connectivity index (χ3v) is 3.89. The van der Waals surface area contributed by atoms with Gasteiger partial charge in [-0.25, -0.2) is 0 Å². The Hall–Kier alpha value is -1.22. The number of hydrogen-bond acceptors (Lipinski definition) is 0. The zero-order valence-corrected chi connectivity index (χ0v) is 11.4. The summed E-state index contributed by atoms with van der Waals surface area (Å²) in [6, 6.07) is 0. The minimum Gasteiger partial charge on any atom is -0.0991 e. The molecule has 17 heavy (non-hydrogen) atoms. The first-order chi connectivity index (χ1) is 8.14. The van der Waals surface area contributed by atoms with Crippen molar-refractivity contribution < 1.29 is 0 Å². The Bertz CT molecular complexity index is 384. The Labute approximate surface area is 106 Å². The van der Waals surface area contributed by atoms with E-state index in [4.69, 9.17) is 0 Å². The lowest BCUT2D eigenvalue weighted by molar-refractivity contribution is 0.278. The predicted octanol–water partition coefficient (Wildman–Crippen LogP) is 5.20. The minimum absolute atomic E-state index is 0.263. The minimum atomic E-state index is 0.263. The van der Waals surface area contributed by atoms with E-state index in [1.165, 1.54) is 18.4 Å². The number of unbranched alkanes of at least 4 members (excludes halogenated alkanes) is 1. The van der Waals surface area contributed by atoms with Gasteiger partial charge in [-0.2, -0.15) is 0 Å². The second-order valence-corrected chi connectivity index (χ2v) is 5.08. The number of allylic oxidation sites excluding steroid dienone is 5. The van der Waals surface area contributed by atoms with Crippen LogP contribution in [0.3, 0.4) is 0 Å². The van der Waals surface area contributed by atoms with Crippen LogP contribution in [0.15, 0.2) is 47.9 Å². The van der Waals surface area contributed by atoms with E-state index in [1.54, 1.807) is 0 Å². The zero-order chi connectivity index (χ0) is 12.7. The third kappa shape index (κ3) is 3.63. The molecule has 0 radical (unpaired) electrons. The van der Waals surface area contributed by atoms with E-state index in [-0.39, 0.29) is 5.41 Å². The Morgan fingerprint density at radius 3 is 2.94 bits per heavy atom. The van der Waals surface area contributed by atoms with Gasteiger partial charge in [-0.05, 0) is 43.3 Å². The average molecular weight is 228 g/mol. The lowest BCUT2D eigenvalue weighted by Crippen LogP contribution is -2.25. The van der Waals surface area contributed by atoms with Crippen molar-refractivity contribution >= 4 is 0 Å². The Morgan fingerprint density at radius 2 is 2.29 bits per heavy atom. The van der Waals surface area contributed by atoms with Gasteiger partial charge in [-0.1, -0.05) is 57.0 Å². The van der Waals surface area contributed by atoms with Gasteiger partial charge in [0, 0.05) is 5.41 Å². The van der Waals surface area contributed by atoms with Crippen LogP contribution in [0.1, 0.15) is 46.5 Å². The normalized spacial score (nSPS) is 27.5. The largest absolute Gasteiger partial charge is 0.0991 e. The van der Waals surface area contributed by atoms with Gasteiger partial charge in [0.2, 0.25) is 0 Å². The second kappa shape index (κ2) is 6.50. The lowest BCUT2D eigenvalue weighted by atomic mass is 9.69. The van der Waals surface area contributed by atoms with Crippen LogP contribution in [0.4, 0.5) is 0 Å². The smallest absolute Gasteiger partial charge is 0.000484 e. The molecule has 0 amide bonds. The quantitative estimate of drug-likeness (QED) is 0.333. The van der Waals surface area contributed by atoms with Crippen LogP contribution in [-0.4, -0.2) is 0 Å². The van der Waals surface area contributed by atoms with Crippen LogP contribution in [0, 0.1) is 11.3 Å². The first-order valence-electron chi connectivity index (χ1n) is 6.63. The molecule has 92 valence electrons. The molecule has 2 atom stereocenters. The van der Waals surface area contributed by atoms with Crippen molar-refractivity contribution in [2.75, 3.05) is 0 Å². The van der Waals surface area contributed by atoms with Crippen LogP contribution in [0.5, 0.6) is 0 Å². The third-order valence-electron chi connectivity index (χ3n) is 3.89. The van der Waals surface area contributed by atoms with Crippen molar-refractivity contribution in [1.82, 2.24) is 0 Å². The van der Waals surface area contributed by atoms with Gasteiger partial charge in [-0.3, -0.25) is 0 Å². The lowest BCUT2D eigenvalue weighted by Gasteiger charge is -2.34. The molecule has 0 aliphatic heterocycles. The van der Waals surface area contributed by atoms with E-state index in [0.717, 1.165) is 12.8 Å². The fourth-order valence-electron chi connectivity index (χ4n) is 2.40. The number of hydrogen-bond donors (Lipinski definition) is 0. The van der Waals surface area contributed by atoms with Gasteiger partial charge in [-0.15, -0.1) is 0 Å².